The Bertz CT molecular complexity index is 891. The summed E-state index contributed by atoms with van der Waals surface area (Å²) >= 11 is 0. The molecule has 0 spiro atoms. The van der Waals surface area contributed by atoms with Crippen LogP contribution in [0.5, 0.6) is 5.75 Å². The van der Waals surface area contributed by atoms with Gasteiger partial charge in [0.05, 0.1) is 25.3 Å². The highest BCUT2D eigenvalue weighted by atomic mass is 16.5. The third-order valence-electron chi connectivity index (χ3n) is 6.10. The number of urea groups is 1. The minimum atomic E-state index is -0.622. The van der Waals surface area contributed by atoms with Gasteiger partial charge in [0.1, 0.15) is 5.75 Å². The number of ether oxygens (including phenoxy) is 2. The van der Waals surface area contributed by atoms with E-state index in [2.05, 4.69) is 10.2 Å². The van der Waals surface area contributed by atoms with Crippen molar-refractivity contribution in [2.75, 3.05) is 53.0 Å². The van der Waals surface area contributed by atoms with Crippen molar-refractivity contribution in [3.05, 3.63) is 41.1 Å². The third-order valence-corrected chi connectivity index (χ3v) is 6.10. The van der Waals surface area contributed by atoms with Gasteiger partial charge in [-0.25, -0.2) is 9.59 Å². The summed E-state index contributed by atoms with van der Waals surface area (Å²) in [5.74, 6) is 0.400. The molecule has 3 rings (SSSR count). The summed E-state index contributed by atoms with van der Waals surface area (Å²) in [6.45, 7) is 9.23. The van der Waals surface area contributed by atoms with Gasteiger partial charge in [0.2, 0.25) is 5.91 Å². The van der Waals surface area contributed by atoms with Crippen molar-refractivity contribution in [3.63, 3.8) is 0 Å². The SMILES string of the molecule is CCOC(=O)C1=C(CN2CCN(C(=O)CC)CC2)N(CC)C(=O)NC1c1ccc(OC)cc1. The molecule has 9 nitrogen and oxygen atoms in total. The van der Waals surface area contributed by atoms with Gasteiger partial charge in [-0.3, -0.25) is 14.6 Å². The van der Waals surface area contributed by atoms with Crippen molar-refractivity contribution < 1.29 is 23.9 Å². The van der Waals surface area contributed by atoms with E-state index < -0.39 is 12.0 Å². The van der Waals surface area contributed by atoms with Gasteiger partial charge in [0.15, 0.2) is 0 Å². The average molecular weight is 459 g/mol. The van der Waals surface area contributed by atoms with Crippen molar-refractivity contribution in [1.29, 1.82) is 0 Å². The maximum atomic E-state index is 13.2. The highest BCUT2D eigenvalue weighted by Gasteiger charge is 2.38. The minimum Gasteiger partial charge on any atom is -0.497 e. The maximum absolute atomic E-state index is 13.2. The third kappa shape index (κ3) is 5.47. The van der Waals surface area contributed by atoms with Gasteiger partial charge >= 0.3 is 12.0 Å². The fourth-order valence-electron chi connectivity index (χ4n) is 4.29. The molecule has 33 heavy (non-hydrogen) atoms. The van der Waals surface area contributed by atoms with Crippen molar-refractivity contribution >= 4 is 17.9 Å². The van der Waals surface area contributed by atoms with Crippen LogP contribution in [0.1, 0.15) is 38.8 Å². The number of rotatable bonds is 8. The number of esters is 1. The van der Waals surface area contributed by atoms with E-state index in [1.807, 2.05) is 30.9 Å². The maximum Gasteiger partial charge on any atom is 0.338 e. The van der Waals surface area contributed by atoms with Gasteiger partial charge in [-0.05, 0) is 31.5 Å². The number of piperazine rings is 1. The second kappa shape index (κ2) is 11.2. The van der Waals surface area contributed by atoms with Crippen LogP contribution >= 0.6 is 0 Å². The summed E-state index contributed by atoms with van der Waals surface area (Å²) in [5.41, 5.74) is 1.87. The molecular weight excluding hydrogens is 424 g/mol. The van der Waals surface area contributed by atoms with Gasteiger partial charge in [-0.15, -0.1) is 0 Å². The van der Waals surface area contributed by atoms with Gasteiger partial charge < -0.3 is 19.7 Å². The van der Waals surface area contributed by atoms with Crippen molar-refractivity contribution in [2.45, 2.75) is 33.2 Å². The molecular formula is C24H34N4O5. The monoisotopic (exact) mass is 458 g/mol. The van der Waals surface area contributed by atoms with Gasteiger partial charge in [0.25, 0.3) is 0 Å². The molecule has 2 aliphatic rings. The van der Waals surface area contributed by atoms with Crippen molar-refractivity contribution in [3.8, 4) is 5.75 Å². The number of likely N-dealkylation sites (N-methyl/N-ethyl adjacent to an activating group) is 1. The Morgan fingerprint density at radius 1 is 1.06 bits per heavy atom. The number of hydrogen-bond acceptors (Lipinski definition) is 6. The average Bonchev–Trinajstić information content (AvgIpc) is 2.84. The predicted molar refractivity (Wildman–Crippen MR) is 124 cm³/mol. The zero-order valence-corrected chi connectivity index (χ0v) is 19.9. The van der Waals surface area contributed by atoms with Gasteiger partial charge in [0, 0.05) is 51.4 Å². The molecule has 0 aliphatic carbocycles. The van der Waals surface area contributed by atoms with Crippen LogP contribution in [-0.2, 0) is 14.3 Å². The molecule has 9 heteroatoms. The van der Waals surface area contributed by atoms with E-state index in [-0.39, 0.29) is 18.5 Å². The lowest BCUT2D eigenvalue weighted by molar-refractivity contribution is -0.139. The fraction of sp³-hybridized carbons (Fsp3) is 0.542. The Balaban J connectivity index is 1.96. The number of methoxy groups -OCH3 is 1. The van der Waals surface area contributed by atoms with E-state index in [1.165, 1.54) is 0 Å². The van der Waals surface area contributed by atoms with Crippen LogP contribution in [0.2, 0.25) is 0 Å². The van der Waals surface area contributed by atoms with Crippen LogP contribution in [0.15, 0.2) is 35.5 Å². The first kappa shape index (κ1) is 24.6. The van der Waals surface area contributed by atoms with E-state index in [0.29, 0.717) is 62.7 Å². The molecule has 2 heterocycles. The summed E-state index contributed by atoms with van der Waals surface area (Å²) < 4.78 is 10.7. The van der Waals surface area contributed by atoms with Crippen LogP contribution < -0.4 is 10.1 Å². The van der Waals surface area contributed by atoms with Gasteiger partial charge in [-0.1, -0.05) is 19.1 Å². The Kier molecular flexibility index (Phi) is 8.32. The second-order valence-corrected chi connectivity index (χ2v) is 7.99. The minimum absolute atomic E-state index is 0.146. The van der Waals surface area contributed by atoms with Crippen LogP contribution in [0.3, 0.4) is 0 Å². The molecule has 1 aromatic carbocycles. The zero-order chi connectivity index (χ0) is 24.0. The fourth-order valence-corrected chi connectivity index (χ4v) is 4.29. The summed E-state index contributed by atoms with van der Waals surface area (Å²) in [7, 11) is 1.59. The van der Waals surface area contributed by atoms with E-state index >= 15 is 0 Å². The highest BCUT2D eigenvalue weighted by molar-refractivity contribution is 5.95. The number of hydrogen-bond donors (Lipinski definition) is 1. The molecule has 0 radical (unpaired) electrons. The topological polar surface area (TPSA) is 91.4 Å². The van der Waals surface area contributed by atoms with E-state index in [9.17, 15) is 14.4 Å². The van der Waals surface area contributed by atoms with E-state index in [0.717, 1.165) is 5.56 Å². The Morgan fingerprint density at radius 2 is 1.73 bits per heavy atom. The van der Waals surface area contributed by atoms with Gasteiger partial charge in [-0.2, -0.15) is 0 Å². The van der Waals surface area contributed by atoms with Crippen molar-refractivity contribution in [2.24, 2.45) is 0 Å². The molecule has 1 fully saturated rings. The van der Waals surface area contributed by atoms with Crippen molar-refractivity contribution in [1.82, 2.24) is 20.0 Å². The predicted octanol–water partition coefficient (Wildman–Crippen LogP) is 2.15. The Hall–Kier alpha value is -3.07. The quantitative estimate of drug-likeness (QED) is 0.601. The van der Waals surface area contributed by atoms with E-state index in [4.69, 9.17) is 9.47 Å². The largest absolute Gasteiger partial charge is 0.497 e. The molecule has 2 aliphatic heterocycles. The van der Waals surface area contributed by atoms with Crippen LogP contribution in [-0.4, -0.2) is 85.6 Å². The first-order valence-electron chi connectivity index (χ1n) is 11.6. The smallest absolute Gasteiger partial charge is 0.338 e. The molecule has 3 amide bonds. The van der Waals surface area contributed by atoms with Crippen LogP contribution in [0.25, 0.3) is 0 Å². The first-order chi connectivity index (χ1) is 15.9. The number of nitrogens with one attached hydrogen (secondary N) is 1. The summed E-state index contributed by atoms with van der Waals surface area (Å²) in [4.78, 5) is 43.9. The molecule has 1 unspecified atom stereocenters. The first-order valence-corrected chi connectivity index (χ1v) is 11.6. The molecule has 0 bridgehead atoms. The normalized spacial score (nSPS) is 19.4. The summed E-state index contributed by atoms with van der Waals surface area (Å²) in [6, 6.07) is 6.43. The number of benzene rings is 1. The molecule has 180 valence electrons. The molecule has 0 aromatic heterocycles. The molecule has 1 saturated heterocycles. The summed E-state index contributed by atoms with van der Waals surface area (Å²) in [6.07, 6.45) is 0.492. The Morgan fingerprint density at radius 3 is 2.27 bits per heavy atom. The summed E-state index contributed by atoms with van der Waals surface area (Å²) in [5, 5.41) is 2.97. The number of carbonyl (C=O) groups is 3. The number of nitrogens with zero attached hydrogens (tertiary/aromatic N) is 3. The Labute approximate surface area is 195 Å². The standard InChI is InChI=1S/C24H34N4O5/c1-5-20(29)27-14-12-26(13-15-27)16-19-21(23(30)33-7-3)22(25-24(31)28(19)6-2)17-8-10-18(32-4)11-9-17/h8-11,22H,5-7,12-16H2,1-4H3,(H,25,31). The molecule has 1 aromatic rings. The molecule has 0 saturated carbocycles. The lowest BCUT2D eigenvalue weighted by atomic mass is 9.94. The van der Waals surface area contributed by atoms with Crippen LogP contribution in [0, 0.1) is 0 Å². The zero-order valence-electron chi connectivity index (χ0n) is 19.9. The molecule has 1 atom stereocenters. The molecule has 1 N–H and O–H groups in total. The lowest BCUT2D eigenvalue weighted by Gasteiger charge is -2.40. The lowest BCUT2D eigenvalue weighted by Crippen LogP contribution is -2.53. The highest BCUT2D eigenvalue weighted by Crippen LogP contribution is 2.33. The number of carbonyl (C=O) groups excluding carboxylic acids is 3. The second-order valence-electron chi connectivity index (χ2n) is 7.99. The van der Waals surface area contributed by atoms with Crippen LogP contribution in [0.4, 0.5) is 4.79 Å². The number of amides is 3. The van der Waals surface area contributed by atoms with E-state index in [1.54, 1.807) is 31.1 Å².